The Labute approximate surface area is 113 Å². The Bertz CT molecular complexity index is 411. The van der Waals surface area contributed by atoms with Crippen LogP contribution in [0.25, 0.3) is 0 Å². The molecule has 1 unspecified atom stereocenters. The molecule has 1 rings (SSSR count). The predicted molar refractivity (Wildman–Crippen MR) is 71.7 cm³/mol. The summed E-state index contributed by atoms with van der Waals surface area (Å²) >= 11 is 0. The third-order valence-corrected chi connectivity index (χ3v) is 2.95. The van der Waals surface area contributed by atoms with Crippen molar-refractivity contribution in [1.82, 2.24) is 0 Å². The Hall–Kier alpha value is -1.00. The molecule has 0 bridgehead atoms. The first kappa shape index (κ1) is 16.1. The number of aryl methyl sites for hydroxylation is 1. The summed E-state index contributed by atoms with van der Waals surface area (Å²) in [4.78, 5) is 0. The molecule has 1 atom stereocenters. The van der Waals surface area contributed by atoms with Crippen LogP contribution in [0.1, 0.15) is 49.5 Å². The van der Waals surface area contributed by atoms with Gasteiger partial charge in [-0.1, -0.05) is 32.0 Å². The molecule has 0 saturated heterocycles. The van der Waals surface area contributed by atoms with Crippen LogP contribution in [0, 0.1) is 6.92 Å². The third kappa shape index (κ3) is 5.25. The van der Waals surface area contributed by atoms with Gasteiger partial charge in [0.05, 0.1) is 6.61 Å². The van der Waals surface area contributed by atoms with Crippen LogP contribution in [0.5, 0.6) is 0 Å². The van der Waals surface area contributed by atoms with E-state index in [2.05, 4.69) is 13.8 Å². The number of hydrogen-bond acceptors (Lipinski definition) is 2. The van der Waals surface area contributed by atoms with Crippen LogP contribution in [0.3, 0.4) is 0 Å². The van der Waals surface area contributed by atoms with Crippen LogP contribution < -0.4 is 0 Å². The minimum absolute atomic E-state index is 0.120. The summed E-state index contributed by atoms with van der Waals surface area (Å²) in [7, 11) is 0. The number of halogens is 2. The lowest BCUT2D eigenvalue weighted by atomic mass is 9.96. The number of alkyl halides is 2. The molecule has 0 aromatic heterocycles. The van der Waals surface area contributed by atoms with E-state index >= 15 is 0 Å². The lowest BCUT2D eigenvalue weighted by molar-refractivity contribution is -0.0795. The summed E-state index contributed by atoms with van der Waals surface area (Å²) < 4.78 is 30.0. The summed E-state index contributed by atoms with van der Waals surface area (Å²) in [5.74, 6) is -2.45. The van der Waals surface area contributed by atoms with E-state index in [0.717, 1.165) is 18.1 Å². The second-order valence-corrected chi connectivity index (χ2v) is 5.37. The highest BCUT2D eigenvalue weighted by Crippen LogP contribution is 2.23. The van der Waals surface area contributed by atoms with Crippen LogP contribution in [0.4, 0.5) is 8.78 Å². The van der Waals surface area contributed by atoms with Crippen molar-refractivity contribution in [2.45, 2.75) is 45.6 Å². The zero-order chi connectivity index (χ0) is 14.6. The molecule has 0 aliphatic heterocycles. The Morgan fingerprint density at radius 1 is 1.32 bits per heavy atom. The summed E-state index contributed by atoms with van der Waals surface area (Å²) in [5, 5.41) is 9.96. The topological polar surface area (TPSA) is 29.5 Å². The van der Waals surface area contributed by atoms with Crippen molar-refractivity contribution in [1.29, 1.82) is 0 Å². The molecule has 0 saturated carbocycles. The molecule has 4 heteroatoms. The first-order valence-electron chi connectivity index (χ1n) is 6.45. The highest BCUT2D eigenvalue weighted by Gasteiger charge is 2.22. The number of hydrogen-bond donors (Lipinski definition) is 1. The number of aliphatic hydroxyl groups excluding tert-OH is 1. The predicted octanol–water partition coefficient (Wildman–Crippen LogP) is 3.82. The van der Waals surface area contributed by atoms with Gasteiger partial charge in [0.25, 0.3) is 5.92 Å². The van der Waals surface area contributed by atoms with Gasteiger partial charge in [-0.2, -0.15) is 0 Å². The van der Waals surface area contributed by atoms with Crippen molar-refractivity contribution in [3.05, 3.63) is 34.9 Å². The van der Waals surface area contributed by atoms with E-state index in [1.165, 1.54) is 5.56 Å². The Kier molecular flexibility index (Phi) is 5.44. The number of aliphatic hydroxyl groups is 1. The molecule has 0 aliphatic carbocycles. The minimum Gasteiger partial charge on any atom is -0.386 e. The highest BCUT2D eigenvalue weighted by molar-refractivity contribution is 5.34. The van der Waals surface area contributed by atoms with Crippen LogP contribution in [0.2, 0.25) is 0 Å². The van der Waals surface area contributed by atoms with Crippen molar-refractivity contribution in [3.8, 4) is 0 Å². The Morgan fingerprint density at radius 2 is 1.95 bits per heavy atom. The second-order valence-electron chi connectivity index (χ2n) is 5.37. The first-order valence-corrected chi connectivity index (χ1v) is 6.45. The molecular weight excluding hydrogens is 250 g/mol. The van der Waals surface area contributed by atoms with E-state index in [0.29, 0.717) is 5.92 Å². The molecule has 1 aromatic carbocycles. The zero-order valence-corrected chi connectivity index (χ0v) is 11.9. The van der Waals surface area contributed by atoms with Gasteiger partial charge >= 0.3 is 0 Å². The van der Waals surface area contributed by atoms with Gasteiger partial charge in [0, 0.05) is 6.92 Å². The Morgan fingerprint density at radius 3 is 2.42 bits per heavy atom. The van der Waals surface area contributed by atoms with Gasteiger partial charge in [0.1, 0.15) is 12.7 Å². The molecule has 0 amide bonds. The lowest BCUT2D eigenvalue weighted by Gasteiger charge is -2.17. The minimum atomic E-state index is -2.86. The maximum absolute atomic E-state index is 12.6. The maximum atomic E-state index is 12.6. The average molecular weight is 272 g/mol. The quantitative estimate of drug-likeness (QED) is 0.853. The van der Waals surface area contributed by atoms with E-state index in [-0.39, 0.29) is 6.61 Å². The fourth-order valence-electron chi connectivity index (χ4n) is 1.87. The van der Waals surface area contributed by atoms with Gasteiger partial charge in [-0.3, -0.25) is 0 Å². The molecule has 19 heavy (non-hydrogen) atoms. The van der Waals surface area contributed by atoms with E-state index in [4.69, 9.17) is 4.74 Å². The molecule has 0 spiro atoms. The van der Waals surface area contributed by atoms with Gasteiger partial charge in [-0.15, -0.1) is 0 Å². The molecule has 0 aliphatic rings. The van der Waals surface area contributed by atoms with Gasteiger partial charge in [0.15, 0.2) is 0 Å². The van der Waals surface area contributed by atoms with E-state index in [1.807, 2.05) is 25.1 Å². The monoisotopic (exact) mass is 272 g/mol. The molecule has 2 nitrogen and oxygen atoms in total. The van der Waals surface area contributed by atoms with Crippen molar-refractivity contribution < 1.29 is 18.6 Å². The second kappa shape index (κ2) is 6.44. The molecule has 0 fully saturated rings. The smallest absolute Gasteiger partial charge is 0.268 e. The Balaban J connectivity index is 2.64. The molecule has 0 heterocycles. The van der Waals surface area contributed by atoms with Crippen LogP contribution in [0.15, 0.2) is 18.2 Å². The zero-order valence-electron chi connectivity index (χ0n) is 11.9. The van der Waals surface area contributed by atoms with Crippen molar-refractivity contribution in [3.63, 3.8) is 0 Å². The number of ether oxygens (including phenoxy) is 1. The van der Waals surface area contributed by atoms with Gasteiger partial charge < -0.3 is 9.84 Å². The normalized spacial score (nSPS) is 13.9. The largest absolute Gasteiger partial charge is 0.386 e. The summed E-state index contributed by atoms with van der Waals surface area (Å²) in [6.07, 6.45) is -0.872. The van der Waals surface area contributed by atoms with Gasteiger partial charge in [-0.05, 0) is 29.5 Å². The fraction of sp³-hybridized carbons (Fsp3) is 0.600. The fourth-order valence-corrected chi connectivity index (χ4v) is 1.87. The highest BCUT2D eigenvalue weighted by atomic mass is 19.3. The summed E-state index contributed by atoms with van der Waals surface area (Å²) in [5.41, 5.74) is 2.86. The third-order valence-electron chi connectivity index (χ3n) is 2.95. The average Bonchev–Trinajstić information content (AvgIpc) is 2.26. The van der Waals surface area contributed by atoms with Crippen LogP contribution in [-0.4, -0.2) is 24.2 Å². The lowest BCUT2D eigenvalue weighted by Crippen LogP contribution is -2.21. The summed E-state index contributed by atoms with van der Waals surface area (Å²) in [6.45, 7) is 6.09. The maximum Gasteiger partial charge on any atom is 0.268 e. The SMILES string of the molecule is Cc1cc(C(C)C)ccc1C(O)COCC(C)(F)F. The van der Waals surface area contributed by atoms with Gasteiger partial charge in [-0.25, -0.2) is 8.78 Å². The molecular formula is C15H22F2O2. The van der Waals surface area contributed by atoms with E-state index in [9.17, 15) is 13.9 Å². The number of benzene rings is 1. The van der Waals surface area contributed by atoms with Crippen LogP contribution in [-0.2, 0) is 4.74 Å². The van der Waals surface area contributed by atoms with Crippen molar-refractivity contribution in [2.24, 2.45) is 0 Å². The van der Waals surface area contributed by atoms with Gasteiger partial charge in [0.2, 0.25) is 0 Å². The van der Waals surface area contributed by atoms with E-state index in [1.54, 1.807) is 0 Å². The van der Waals surface area contributed by atoms with Crippen molar-refractivity contribution in [2.75, 3.05) is 13.2 Å². The van der Waals surface area contributed by atoms with Crippen molar-refractivity contribution >= 4 is 0 Å². The van der Waals surface area contributed by atoms with Crippen LogP contribution >= 0.6 is 0 Å². The molecule has 1 aromatic rings. The molecule has 0 radical (unpaired) electrons. The molecule has 108 valence electrons. The number of rotatable bonds is 6. The molecule has 1 N–H and O–H groups in total. The standard InChI is InChI=1S/C15H22F2O2/c1-10(2)12-5-6-13(11(3)7-12)14(18)8-19-9-15(4,16)17/h5-7,10,14,18H,8-9H2,1-4H3. The van der Waals surface area contributed by atoms with E-state index < -0.39 is 18.6 Å². The summed E-state index contributed by atoms with van der Waals surface area (Å²) in [6, 6.07) is 5.80. The first-order chi connectivity index (χ1) is 8.70.